The van der Waals surface area contributed by atoms with Gasteiger partial charge in [0, 0.05) is 18.5 Å². The van der Waals surface area contributed by atoms with E-state index in [1.807, 2.05) is 0 Å². The molecule has 0 unspecified atom stereocenters. The predicted molar refractivity (Wildman–Crippen MR) is 115 cm³/mol. The molecule has 0 saturated carbocycles. The van der Waals surface area contributed by atoms with E-state index in [-0.39, 0.29) is 16.4 Å². The van der Waals surface area contributed by atoms with Gasteiger partial charge in [-0.15, -0.1) is 0 Å². The lowest BCUT2D eigenvalue weighted by Crippen LogP contribution is -2.16. The average molecular weight is 443 g/mol. The van der Waals surface area contributed by atoms with Crippen LogP contribution in [0.5, 0.6) is 11.5 Å². The Morgan fingerprint density at radius 1 is 1.19 bits per heavy atom. The van der Waals surface area contributed by atoms with Crippen LogP contribution in [0.3, 0.4) is 0 Å². The van der Waals surface area contributed by atoms with E-state index in [0.717, 1.165) is 6.08 Å². The maximum atomic E-state index is 13.3. The van der Waals surface area contributed by atoms with Gasteiger partial charge in [0.1, 0.15) is 4.90 Å². The van der Waals surface area contributed by atoms with Gasteiger partial charge in [-0.1, -0.05) is 18.2 Å². The molecule has 0 saturated heterocycles. The molecule has 0 spiro atoms. The summed E-state index contributed by atoms with van der Waals surface area (Å²) < 4.78 is 41.4. The fourth-order valence-corrected chi connectivity index (χ4v) is 4.26. The molecular formula is C21H21N3O6S. The molecule has 10 heteroatoms. The summed E-state index contributed by atoms with van der Waals surface area (Å²) in [5.41, 5.74) is 1.42. The minimum Gasteiger partial charge on any atom is -0.493 e. The molecule has 162 valence electrons. The van der Waals surface area contributed by atoms with E-state index in [9.17, 15) is 13.2 Å². The number of aliphatic carboxylic acids is 1. The van der Waals surface area contributed by atoms with Crippen molar-refractivity contribution < 1.29 is 27.8 Å². The van der Waals surface area contributed by atoms with Crippen LogP contribution < -0.4 is 14.2 Å². The molecule has 0 radical (unpaired) electrons. The van der Waals surface area contributed by atoms with Crippen LogP contribution in [-0.4, -0.2) is 43.5 Å². The molecule has 31 heavy (non-hydrogen) atoms. The van der Waals surface area contributed by atoms with Crippen molar-refractivity contribution in [3.63, 3.8) is 0 Å². The van der Waals surface area contributed by atoms with Gasteiger partial charge in [0.05, 0.1) is 26.5 Å². The zero-order valence-electron chi connectivity index (χ0n) is 16.8. The topological polar surface area (TPSA) is 120 Å². The van der Waals surface area contributed by atoms with E-state index in [2.05, 4.69) is 9.82 Å². The van der Waals surface area contributed by atoms with Crippen LogP contribution in [0.4, 0.5) is 5.69 Å². The van der Waals surface area contributed by atoms with Gasteiger partial charge in [-0.25, -0.2) is 13.2 Å². The summed E-state index contributed by atoms with van der Waals surface area (Å²) in [6.45, 7) is 0.369. The normalized spacial score (nSPS) is 11.4. The first-order valence-electron chi connectivity index (χ1n) is 9.09. The van der Waals surface area contributed by atoms with Crippen molar-refractivity contribution in [3.05, 3.63) is 72.1 Å². The number of sulfonamides is 1. The summed E-state index contributed by atoms with van der Waals surface area (Å²) in [7, 11) is -1.42. The number of ether oxygens (including phenoxy) is 2. The van der Waals surface area contributed by atoms with E-state index in [4.69, 9.17) is 14.6 Å². The SMILES string of the molecule is COc1cc(/C=C/C(=O)O)cc(S(=O)(=O)Nc2ccccc2Cn2cccn2)c1OC. The number of nitrogens with one attached hydrogen (secondary N) is 1. The Bertz CT molecular complexity index is 1200. The third-order valence-corrected chi connectivity index (χ3v) is 5.70. The van der Waals surface area contributed by atoms with Gasteiger partial charge in [-0.2, -0.15) is 5.10 Å². The monoisotopic (exact) mass is 443 g/mol. The Morgan fingerprint density at radius 2 is 1.97 bits per heavy atom. The molecule has 3 rings (SSSR count). The molecule has 3 aromatic rings. The standard InChI is InChI=1S/C21H21N3O6S/c1-29-18-12-15(8-9-20(25)26)13-19(21(18)30-2)31(27,28)23-17-7-4-3-6-16(17)14-24-11-5-10-22-24/h3-13,23H,14H2,1-2H3,(H,25,26)/b9-8+. The number of anilines is 1. The lowest BCUT2D eigenvalue weighted by Gasteiger charge is -2.17. The number of aromatic nitrogens is 2. The molecule has 0 amide bonds. The van der Waals surface area contributed by atoms with E-state index in [1.165, 1.54) is 32.4 Å². The van der Waals surface area contributed by atoms with Crippen molar-refractivity contribution in [1.82, 2.24) is 9.78 Å². The molecule has 0 atom stereocenters. The number of para-hydroxylation sites is 1. The zero-order valence-corrected chi connectivity index (χ0v) is 17.7. The summed E-state index contributed by atoms with van der Waals surface area (Å²) in [4.78, 5) is 10.7. The predicted octanol–water partition coefficient (Wildman–Crippen LogP) is 2.85. The third kappa shape index (κ3) is 5.23. The van der Waals surface area contributed by atoms with Crippen molar-refractivity contribution in [2.75, 3.05) is 18.9 Å². The van der Waals surface area contributed by atoms with Crippen molar-refractivity contribution in [2.45, 2.75) is 11.4 Å². The van der Waals surface area contributed by atoms with Gasteiger partial charge in [0.15, 0.2) is 11.5 Å². The lowest BCUT2D eigenvalue weighted by molar-refractivity contribution is -0.131. The summed E-state index contributed by atoms with van der Waals surface area (Å²) >= 11 is 0. The third-order valence-electron chi connectivity index (χ3n) is 4.33. The highest BCUT2D eigenvalue weighted by Crippen LogP contribution is 2.37. The number of hydrogen-bond donors (Lipinski definition) is 2. The van der Waals surface area contributed by atoms with Crippen LogP contribution in [0.1, 0.15) is 11.1 Å². The van der Waals surface area contributed by atoms with Gasteiger partial charge in [0.25, 0.3) is 10.0 Å². The van der Waals surface area contributed by atoms with Gasteiger partial charge in [-0.05, 0) is 41.5 Å². The number of carbonyl (C=O) groups is 1. The summed E-state index contributed by atoms with van der Waals surface area (Å²) in [5, 5.41) is 13.0. The second-order valence-corrected chi connectivity index (χ2v) is 8.04. The molecule has 0 aliphatic rings. The van der Waals surface area contributed by atoms with Crippen molar-refractivity contribution in [1.29, 1.82) is 0 Å². The van der Waals surface area contributed by atoms with Crippen molar-refractivity contribution in [2.24, 2.45) is 0 Å². The Morgan fingerprint density at radius 3 is 2.61 bits per heavy atom. The van der Waals surface area contributed by atoms with Gasteiger partial charge in [0.2, 0.25) is 0 Å². The Balaban J connectivity index is 2.04. The largest absolute Gasteiger partial charge is 0.493 e. The Labute approximate surface area is 179 Å². The Hall–Kier alpha value is -3.79. The molecule has 2 N–H and O–H groups in total. The molecule has 0 fully saturated rings. The highest BCUT2D eigenvalue weighted by Gasteiger charge is 2.25. The second-order valence-electron chi connectivity index (χ2n) is 6.39. The number of rotatable bonds is 9. The van der Waals surface area contributed by atoms with E-state index < -0.39 is 16.0 Å². The second kappa shape index (κ2) is 9.35. The van der Waals surface area contributed by atoms with Crippen LogP contribution >= 0.6 is 0 Å². The summed E-state index contributed by atoms with van der Waals surface area (Å²) in [5.74, 6) is -1.00. The molecule has 9 nitrogen and oxygen atoms in total. The number of nitrogens with zero attached hydrogens (tertiary/aromatic N) is 2. The quantitative estimate of drug-likeness (QED) is 0.488. The van der Waals surface area contributed by atoms with Crippen molar-refractivity contribution >= 4 is 27.8 Å². The van der Waals surface area contributed by atoms with Gasteiger partial charge >= 0.3 is 5.97 Å². The molecular weight excluding hydrogens is 422 g/mol. The average Bonchev–Trinajstić information content (AvgIpc) is 3.25. The molecule has 0 aliphatic heterocycles. The fraction of sp³-hybridized carbons (Fsp3) is 0.143. The number of benzene rings is 2. The minimum atomic E-state index is -4.12. The maximum absolute atomic E-state index is 13.3. The molecule has 1 aromatic heterocycles. The van der Waals surface area contributed by atoms with Gasteiger partial charge in [-0.3, -0.25) is 9.40 Å². The number of carboxylic acid groups (broad SMARTS) is 1. The van der Waals surface area contributed by atoms with Crippen LogP contribution in [-0.2, 0) is 21.4 Å². The smallest absolute Gasteiger partial charge is 0.328 e. The van der Waals surface area contributed by atoms with Crippen LogP contribution in [0.2, 0.25) is 0 Å². The zero-order chi connectivity index (χ0) is 22.4. The minimum absolute atomic E-state index is 0.00651. The van der Waals surface area contributed by atoms with Crippen LogP contribution in [0, 0.1) is 0 Å². The number of methoxy groups -OCH3 is 2. The first kappa shape index (κ1) is 21.9. The van der Waals surface area contributed by atoms with Crippen molar-refractivity contribution in [3.8, 4) is 11.5 Å². The summed E-state index contributed by atoms with van der Waals surface area (Å²) in [6, 6.07) is 11.5. The number of carboxylic acids is 1. The number of hydrogen-bond acceptors (Lipinski definition) is 6. The highest BCUT2D eigenvalue weighted by atomic mass is 32.2. The summed E-state index contributed by atoms with van der Waals surface area (Å²) in [6.07, 6.45) is 5.59. The van der Waals surface area contributed by atoms with Crippen LogP contribution in [0.15, 0.2) is 65.8 Å². The lowest BCUT2D eigenvalue weighted by atomic mass is 10.2. The van der Waals surface area contributed by atoms with E-state index in [1.54, 1.807) is 47.4 Å². The molecule has 2 aromatic carbocycles. The highest BCUT2D eigenvalue weighted by molar-refractivity contribution is 7.92. The maximum Gasteiger partial charge on any atom is 0.328 e. The molecule has 1 heterocycles. The Kier molecular flexibility index (Phi) is 6.61. The van der Waals surface area contributed by atoms with Crippen LogP contribution in [0.25, 0.3) is 6.08 Å². The fourth-order valence-electron chi connectivity index (χ4n) is 2.94. The first-order chi connectivity index (χ1) is 14.8. The van der Waals surface area contributed by atoms with E-state index >= 15 is 0 Å². The molecule has 0 aliphatic carbocycles. The molecule has 0 bridgehead atoms. The first-order valence-corrected chi connectivity index (χ1v) is 10.6. The van der Waals surface area contributed by atoms with Gasteiger partial charge < -0.3 is 14.6 Å². The van der Waals surface area contributed by atoms with E-state index in [0.29, 0.717) is 23.4 Å².